The summed E-state index contributed by atoms with van der Waals surface area (Å²) in [6, 6.07) is 4.57. The largest absolute Gasteiger partial charge is 0.351 e. The molecule has 2 amide bonds. The van der Waals surface area contributed by atoms with Crippen molar-refractivity contribution < 1.29 is 13.2 Å². The summed E-state index contributed by atoms with van der Waals surface area (Å²) in [6.45, 7) is 0.967. The minimum Gasteiger partial charge on any atom is -0.351 e. The molecule has 0 bridgehead atoms. The van der Waals surface area contributed by atoms with Crippen molar-refractivity contribution >= 4 is 15.9 Å². The maximum Gasteiger partial charge on any atom is 0.315 e. The second kappa shape index (κ2) is 4.03. The quantitative estimate of drug-likeness (QED) is 0.793. The molecule has 1 aliphatic heterocycles. The standard InChI is InChI=1S/C11H14N2O3S/c1-17(15,16)10-3-2-8-4-5-13(11(12)14)7-9(8)6-10/h2-3,6H,4-5,7H2,1H3,(H2,12,14). The first kappa shape index (κ1) is 11.9. The number of carbonyl (C=O) groups excluding carboxylic acids is 1. The van der Waals surface area contributed by atoms with Crippen molar-refractivity contribution in [2.24, 2.45) is 5.73 Å². The van der Waals surface area contributed by atoms with Crippen LogP contribution in [0.25, 0.3) is 0 Å². The molecule has 1 aliphatic rings. The Morgan fingerprint density at radius 2 is 2.06 bits per heavy atom. The van der Waals surface area contributed by atoms with Gasteiger partial charge in [-0.05, 0) is 29.7 Å². The number of fused-ring (bicyclic) bond motifs is 1. The zero-order chi connectivity index (χ0) is 12.6. The van der Waals surface area contributed by atoms with Gasteiger partial charge in [0, 0.05) is 19.3 Å². The summed E-state index contributed by atoms with van der Waals surface area (Å²) in [5.41, 5.74) is 7.15. The number of urea groups is 1. The number of benzene rings is 1. The number of rotatable bonds is 1. The fraction of sp³-hybridized carbons (Fsp3) is 0.364. The summed E-state index contributed by atoms with van der Waals surface area (Å²) in [6.07, 6.45) is 1.88. The number of hydrogen-bond acceptors (Lipinski definition) is 3. The Morgan fingerprint density at radius 1 is 1.35 bits per heavy atom. The lowest BCUT2D eigenvalue weighted by Gasteiger charge is -2.27. The molecule has 1 heterocycles. The molecule has 6 heteroatoms. The third-order valence-corrected chi connectivity index (χ3v) is 4.04. The fourth-order valence-electron chi connectivity index (χ4n) is 1.95. The Hall–Kier alpha value is -1.56. The first-order valence-corrected chi connectivity index (χ1v) is 7.13. The van der Waals surface area contributed by atoms with Crippen LogP contribution in [0, 0.1) is 0 Å². The van der Waals surface area contributed by atoms with Gasteiger partial charge in [-0.25, -0.2) is 13.2 Å². The van der Waals surface area contributed by atoms with E-state index in [1.165, 1.54) is 11.2 Å². The van der Waals surface area contributed by atoms with Crippen molar-refractivity contribution in [1.29, 1.82) is 0 Å². The van der Waals surface area contributed by atoms with Crippen LogP contribution in [0.3, 0.4) is 0 Å². The van der Waals surface area contributed by atoms with Crippen LogP contribution in [0.1, 0.15) is 11.1 Å². The van der Waals surface area contributed by atoms with E-state index in [0.29, 0.717) is 19.5 Å². The van der Waals surface area contributed by atoms with Gasteiger partial charge in [0.1, 0.15) is 0 Å². The number of sulfone groups is 1. The number of primary amides is 1. The van der Waals surface area contributed by atoms with Crippen molar-refractivity contribution in [3.63, 3.8) is 0 Å². The van der Waals surface area contributed by atoms with Crippen molar-refractivity contribution in [2.75, 3.05) is 12.8 Å². The summed E-state index contributed by atoms with van der Waals surface area (Å²) in [5.74, 6) is 0. The van der Waals surface area contributed by atoms with Crippen LogP contribution in [0.4, 0.5) is 4.79 Å². The van der Waals surface area contributed by atoms with E-state index >= 15 is 0 Å². The molecule has 0 saturated heterocycles. The molecule has 0 unspecified atom stereocenters. The molecule has 0 atom stereocenters. The van der Waals surface area contributed by atoms with Gasteiger partial charge >= 0.3 is 6.03 Å². The lowest BCUT2D eigenvalue weighted by atomic mass is 10.0. The summed E-state index contributed by atoms with van der Waals surface area (Å²) in [7, 11) is -3.21. The average molecular weight is 254 g/mol. The van der Waals surface area contributed by atoms with E-state index in [1.54, 1.807) is 12.1 Å². The number of nitrogens with zero attached hydrogens (tertiary/aromatic N) is 1. The summed E-state index contributed by atoms with van der Waals surface area (Å²) in [5, 5.41) is 0. The van der Waals surface area contributed by atoms with Gasteiger partial charge in [0.2, 0.25) is 0 Å². The Bertz CT molecular complexity index is 566. The van der Waals surface area contributed by atoms with Gasteiger partial charge in [-0.3, -0.25) is 0 Å². The molecular weight excluding hydrogens is 240 g/mol. The Kier molecular flexibility index (Phi) is 2.82. The van der Waals surface area contributed by atoms with Crippen LogP contribution in [0.2, 0.25) is 0 Å². The summed E-state index contributed by atoms with van der Waals surface area (Å²) in [4.78, 5) is 12.9. The molecule has 17 heavy (non-hydrogen) atoms. The normalized spacial score (nSPS) is 15.5. The van der Waals surface area contributed by atoms with Gasteiger partial charge in [0.25, 0.3) is 0 Å². The van der Waals surface area contributed by atoms with Gasteiger partial charge in [0.05, 0.1) is 4.90 Å². The highest BCUT2D eigenvalue weighted by molar-refractivity contribution is 7.90. The monoisotopic (exact) mass is 254 g/mol. The van der Waals surface area contributed by atoms with Crippen LogP contribution in [0.5, 0.6) is 0 Å². The molecule has 5 nitrogen and oxygen atoms in total. The van der Waals surface area contributed by atoms with Gasteiger partial charge in [-0.15, -0.1) is 0 Å². The molecular formula is C11H14N2O3S. The second-order valence-electron chi connectivity index (χ2n) is 4.21. The minimum absolute atomic E-state index is 0.280. The topological polar surface area (TPSA) is 80.5 Å². The van der Waals surface area contributed by atoms with E-state index in [4.69, 9.17) is 5.73 Å². The number of hydrogen-bond donors (Lipinski definition) is 1. The molecule has 2 N–H and O–H groups in total. The van der Waals surface area contributed by atoms with E-state index in [0.717, 1.165) is 11.1 Å². The van der Waals surface area contributed by atoms with Crippen molar-refractivity contribution in [3.8, 4) is 0 Å². The zero-order valence-electron chi connectivity index (χ0n) is 9.51. The molecule has 2 rings (SSSR count). The molecule has 0 aromatic heterocycles. The average Bonchev–Trinajstić information content (AvgIpc) is 2.26. The maximum atomic E-state index is 11.4. The minimum atomic E-state index is -3.21. The van der Waals surface area contributed by atoms with Gasteiger partial charge < -0.3 is 10.6 Å². The third kappa shape index (κ3) is 2.41. The lowest BCUT2D eigenvalue weighted by Crippen LogP contribution is -2.39. The summed E-state index contributed by atoms with van der Waals surface area (Å²) >= 11 is 0. The van der Waals surface area contributed by atoms with E-state index in [2.05, 4.69) is 0 Å². The number of carbonyl (C=O) groups is 1. The molecule has 0 saturated carbocycles. The highest BCUT2D eigenvalue weighted by Crippen LogP contribution is 2.22. The van der Waals surface area contributed by atoms with Crippen LogP contribution < -0.4 is 5.73 Å². The van der Waals surface area contributed by atoms with Crippen molar-refractivity contribution in [1.82, 2.24) is 4.90 Å². The van der Waals surface area contributed by atoms with Crippen LogP contribution >= 0.6 is 0 Å². The number of nitrogens with two attached hydrogens (primary N) is 1. The number of amides is 2. The van der Waals surface area contributed by atoms with Crippen LogP contribution in [-0.2, 0) is 22.8 Å². The third-order valence-electron chi connectivity index (χ3n) is 2.93. The molecule has 0 spiro atoms. The first-order valence-electron chi connectivity index (χ1n) is 5.24. The van der Waals surface area contributed by atoms with Crippen molar-refractivity contribution in [2.45, 2.75) is 17.9 Å². The highest BCUT2D eigenvalue weighted by Gasteiger charge is 2.20. The zero-order valence-corrected chi connectivity index (χ0v) is 10.3. The Balaban J connectivity index is 2.39. The molecule has 0 fully saturated rings. The molecule has 0 aliphatic carbocycles. The molecule has 0 radical (unpaired) electrons. The highest BCUT2D eigenvalue weighted by atomic mass is 32.2. The van der Waals surface area contributed by atoms with Gasteiger partial charge in [0.15, 0.2) is 9.84 Å². The van der Waals surface area contributed by atoms with Gasteiger partial charge in [-0.2, -0.15) is 0 Å². The molecule has 92 valence electrons. The van der Waals surface area contributed by atoms with Crippen molar-refractivity contribution in [3.05, 3.63) is 29.3 Å². The molecule has 1 aromatic carbocycles. The maximum absolute atomic E-state index is 11.4. The summed E-state index contributed by atoms with van der Waals surface area (Å²) < 4.78 is 22.9. The van der Waals surface area contributed by atoms with Gasteiger partial charge in [-0.1, -0.05) is 6.07 Å². The predicted molar refractivity (Wildman–Crippen MR) is 63.2 cm³/mol. The van der Waals surface area contributed by atoms with E-state index in [9.17, 15) is 13.2 Å². The van der Waals surface area contributed by atoms with E-state index < -0.39 is 15.9 Å². The lowest BCUT2D eigenvalue weighted by molar-refractivity contribution is 0.202. The van der Waals surface area contributed by atoms with Crippen LogP contribution in [0.15, 0.2) is 23.1 Å². The Morgan fingerprint density at radius 3 is 2.65 bits per heavy atom. The first-order chi connectivity index (χ1) is 7.88. The fourth-order valence-corrected chi connectivity index (χ4v) is 2.62. The van der Waals surface area contributed by atoms with E-state index in [1.807, 2.05) is 6.07 Å². The van der Waals surface area contributed by atoms with Crippen LogP contribution in [-0.4, -0.2) is 32.1 Å². The second-order valence-corrected chi connectivity index (χ2v) is 6.23. The smallest absolute Gasteiger partial charge is 0.315 e. The molecule has 1 aromatic rings. The van der Waals surface area contributed by atoms with E-state index in [-0.39, 0.29) is 4.90 Å². The predicted octanol–water partition coefficient (Wildman–Crippen LogP) is 0.527. The Labute approximate surface area is 100 Å². The SMILES string of the molecule is CS(=O)(=O)c1ccc2c(c1)CN(C(N)=O)CC2.